The highest BCUT2D eigenvalue weighted by Gasteiger charge is 2.18. The zero-order valence-corrected chi connectivity index (χ0v) is 13.6. The molecule has 23 heavy (non-hydrogen) atoms. The van der Waals surface area contributed by atoms with Crippen molar-refractivity contribution in [3.63, 3.8) is 0 Å². The number of hydrogen-bond donors (Lipinski definition) is 2. The molecule has 0 aliphatic heterocycles. The number of fused-ring (bicyclic) bond motifs is 1. The molecule has 7 heteroatoms. The van der Waals surface area contributed by atoms with Crippen molar-refractivity contribution in [1.29, 1.82) is 0 Å². The number of pyridine rings is 1. The molecular weight excluding hydrogens is 314 g/mol. The van der Waals surface area contributed by atoms with E-state index < -0.39 is 10.0 Å². The molecule has 0 radical (unpaired) electrons. The van der Waals surface area contributed by atoms with Gasteiger partial charge in [-0.15, -0.1) is 0 Å². The summed E-state index contributed by atoms with van der Waals surface area (Å²) in [5.41, 5.74) is 3.16. The molecule has 0 aliphatic carbocycles. The Morgan fingerprint density at radius 3 is 2.74 bits per heavy atom. The molecule has 0 atom stereocenters. The van der Waals surface area contributed by atoms with Gasteiger partial charge in [0.15, 0.2) is 0 Å². The molecule has 1 aromatic carbocycles. The van der Waals surface area contributed by atoms with Crippen molar-refractivity contribution in [1.82, 2.24) is 9.97 Å². The Morgan fingerprint density at radius 1 is 1.26 bits per heavy atom. The second kappa shape index (κ2) is 5.68. The lowest BCUT2D eigenvalue weighted by atomic mass is 10.1. The van der Waals surface area contributed by atoms with Crippen molar-refractivity contribution < 1.29 is 13.2 Å². The summed E-state index contributed by atoms with van der Waals surface area (Å²) >= 11 is 0. The smallest absolute Gasteiger partial charge is 0.241 e. The summed E-state index contributed by atoms with van der Waals surface area (Å²) in [4.78, 5) is 7.42. The van der Waals surface area contributed by atoms with Crippen LogP contribution in [0.4, 0.5) is 0 Å². The number of sulfonamides is 1. The number of benzene rings is 1. The molecule has 0 amide bonds. The average Bonchev–Trinajstić information content (AvgIpc) is 2.90. The molecule has 3 rings (SSSR count). The number of nitrogens with zero attached hydrogens (tertiary/aromatic N) is 1. The van der Waals surface area contributed by atoms with E-state index in [-0.39, 0.29) is 16.7 Å². The third-order valence-corrected chi connectivity index (χ3v) is 4.29. The monoisotopic (exact) mass is 331 g/mol. The van der Waals surface area contributed by atoms with E-state index in [1.807, 2.05) is 26.0 Å². The van der Waals surface area contributed by atoms with Gasteiger partial charge in [0.2, 0.25) is 10.0 Å². The van der Waals surface area contributed by atoms with E-state index in [0.717, 1.165) is 16.6 Å². The van der Waals surface area contributed by atoms with Gasteiger partial charge in [-0.25, -0.2) is 13.6 Å². The summed E-state index contributed by atoms with van der Waals surface area (Å²) in [6, 6.07) is 8.67. The Hall–Kier alpha value is -2.38. The first-order valence-corrected chi connectivity index (χ1v) is 8.67. The van der Waals surface area contributed by atoms with Gasteiger partial charge in [-0.05, 0) is 43.7 Å². The molecular formula is C16H17N3O3S. The lowest BCUT2D eigenvalue weighted by Gasteiger charge is -2.14. The molecule has 120 valence electrons. The molecule has 3 N–H and O–H groups in total. The third-order valence-electron chi connectivity index (χ3n) is 3.36. The maximum absolute atomic E-state index is 11.9. The van der Waals surface area contributed by atoms with Gasteiger partial charge < -0.3 is 9.72 Å². The van der Waals surface area contributed by atoms with E-state index >= 15 is 0 Å². The van der Waals surface area contributed by atoms with Crippen molar-refractivity contribution in [3.05, 3.63) is 42.7 Å². The van der Waals surface area contributed by atoms with Gasteiger partial charge in [0.25, 0.3) is 0 Å². The molecule has 0 fully saturated rings. The third kappa shape index (κ3) is 3.06. The zero-order chi connectivity index (χ0) is 16.6. The number of aromatic nitrogens is 2. The Labute approximate surface area is 134 Å². The molecule has 0 saturated carbocycles. The zero-order valence-electron chi connectivity index (χ0n) is 12.8. The number of aromatic amines is 1. The molecule has 0 bridgehead atoms. The summed E-state index contributed by atoms with van der Waals surface area (Å²) < 4.78 is 29.3. The van der Waals surface area contributed by atoms with Crippen molar-refractivity contribution in [2.24, 2.45) is 5.14 Å². The number of H-pyrrole nitrogens is 1. The normalized spacial score (nSPS) is 12.0. The van der Waals surface area contributed by atoms with Crippen LogP contribution in [0.25, 0.3) is 22.2 Å². The van der Waals surface area contributed by atoms with Crippen molar-refractivity contribution in [2.45, 2.75) is 24.8 Å². The minimum absolute atomic E-state index is 0.0334. The van der Waals surface area contributed by atoms with Gasteiger partial charge in [-0.2, -0.15) is 0 Å². The number of primary sulfonamides is 1. The summed E-state index contributed by atoms with van der Waals surface area (Å²) in [5.74, 6) is 0.249. The fourth-order valence-electron chi connectivity index (χ4n) is 2.42. The lowest BCUT2D eigenvalue weighted by molar-refractivity contribution is 0.236. The van der Waals surface area contributed by atoms with Crippen molar-refractivity contribution in [2.75, 3.05) is 0 Å². The van der Waals surface area contributed by atoms with Crippen molar-refractivity contribution in [3.8, 4) is 16.9 Å². The van der Waals surface area contributed by atoms with Crippen LogP contribution < -0.4 is 9.88 Å². The largest absolute Gasteiger partial charge is 0.490 e. The maximum Gasteiger partial charge on any atom is 0.241 e. The summed E-state index contributed by atoms with van der Waals surface area (Å²) in [6.45, 7) is 3.65. The highest BCUT2D eigenvalue weighted by Crippen LogP contribution is 2.32. The number of nitrogens with two attached hydrogens (primary N) is 1. The van der Waals surface area contributed by atoms with E-state index in [1.54, 1.807) is 24.5 Å². The first-order chi connectivity index (χ1) is 10.9. The van der Waals surface area contributed by atoms with Crippen LogP contribution in [-0.4, -0.2) is 24.5 Å². The van der Waals surface area contributed by atoms with Gasteiger partial charge in [0, 0.05) is 18.0 Å². The number of hydrogen-bond acceptors (Lipinski definition) is 4. The number of ether oxygens (including phenoxy) is 1. The standard InChI is InChI=1S/C16H17N3O3S/c1-10(2)22-14-6-5-11(8-15(14)23(17,20)21)12-9-19-13-4-3-7-18-16(12)13/h3-10,19H,1-2H3,(H2,17,20,21). The van der Waals surface area contributed by atoms with Gasteiger partial charge in [0.05, 0.1) is 17.1 Å². The first-order valence-electron chi connectivity index (χ1n) is 7.12. The van der Waals surface area contributed by atoms with E-state index in [0.29, 0.717) is 5.56 Å². The van der Waals surface area contributed by atoms with E-state index in [9.17, 15) is 8.42 Å². The van der Waals surface area contributed by atoms with E-state index in [1.165, 1.54) is 6.07 Å². The SMILES string of the molecule is CC(C)Oc1ccc(-c2c[nH]c3cccnc23)cc1S(N)(=O)=O. The molecule has 3 aromatic rings. The lowest BCUT2D eigenvalue weighted by Crippen LogP contribution is -2.16. The number of rotatable bonds is 4. The van der Waals surface area contributed by atoms with Crippen LogP contribution in [0.15, 0.2) is 47.6 Å². The molecule has 2 heterocycles. The fraction of sp³-hybridized carbons (Fsp3) is 0.188. The molecule has 0 aliphatic rings. The van der Waals surface area contributed by atoms with Crippen LogP contribution in [0.1, 0.15) is 13.8 Å². The van der Waals surface area contributed by atoms with Gasteiger partial charge in [0.1, 0.15) is 10.6 Å². The topological polar surface area (TPSA) is 98.1 Å². The van der Waals surface area contributed by atoms with Crippen LogP contribution in [0.3, 0.4) is 0 Å². The van der Waals surface area contributed by atoms with Crippen LogP contribution in [-0.2, 0) is 10.0 Å². The Kier molecular flexibility index (Phi) is 3.83. The maximum atomic E-state index is 11.9. The average molecular weight is 331 g/mol. The molecule has 6 nitrogen and oxygen atoms in total. The fourth-order valence-corrected chi connectivity index (χ4v) is 3.11. The van der Waals surface area contributed by atoms with Gasteiger partial charge in [-0.1, -0.05) is 6.07 Å². The molecule has 0 unspecified atom stereocenters. The van der Waals surface area contributed by atoms with Gasteiger partial charge in [-0.3, -0.25) is 4.98 Å². The summed E-state index contributed by atoms with van der Waals surface area (Å²) in [6.07, 6.45) is 3.33. The van der Waals surface area contributed by atoms with Crippen LogP contribution in [0, 0.1) is 0 Å². The van der Waals surface area contributed by atoms with Crippen LogP contribution in [0.5, 0.6) is 5.75 Å². The molecule has 0 saturated heterocycles. The molecule has 2 aromatic heterocycles. The molecule has 0 spiro atoms. The predicted molar refractivity (Wildman–Crippen MR) is 88.7 cm³/mol. The Balaban J connectivity index is 2.18. The Morgan fingerprint density at radius 2 is 2.04 bits per heavy atom. The minimum Gasteiger partial charge on any atom is -0.490 e. The second-order valence-electron chi connectivity index (χ2n) is 5.48. The van der Waals surface area contributed by atoms with Crippen LogP contribution >= 0.6 is 0 Å². The van der Waals surface area contributed by atoms with Gasteiger partial charge >= 0.3 is 0 Å². The second-order valence-corrected chi connectivity index (χ2v) is 7.00. The van der Waals surface area contributed by atoms with E-state index in [2.05, 4.69) is 9.97 Å². The predicted octanol–water partition coefficient (Wildman–Crippen LogP) is 2.66. The van der Waals surface area contributed by atoms with E-state index in [4.69, 9.17) is 9.88 Å². The van der Waals surface area contributed by atoms with Crippen molar-refractivity contribution >= 4 is 21.1 Å². The number of nitrogens with one attached hydrogen (secondary N) is 1. The first kappa shape index (κ1) is 15.5. The quantitative estimate of drug-likeness (QED) is 0.768. The highest BCUT2D eigenvalue weighted by molar-refractivity contribution is 7.89. The summed E-state index contributed by atoms with van der Waals surface area (Å²) in [7, 11) is -3.90. The highest BCUT2D eigenvalue weighted by atomic mass is 32.2. The minimum atomic E-state index is -3.90. The van der Waals surface area contributed by atoms with Crippen LogP contribution in [0.2, 0.25) is 0 Å². The summed E-state index contributed by atoms with van der Waals surface area (Å²) in [5, 5.41) is 5.34. The Bertz CT molecular complexity index is 962.